The molecule has 190 valence electrons. The molecule has 0 bridgehead atoms. The Kier molecular flexibility index (Phi) is 6.67. The zero-order valence-corrected chi connectivity index (χ0v) is 21.2. The highest BCUT2D eigenvalue weighted by molar-refractivity contribution is 6.31. The number of fused-ring (bicyclic) bond motifs is 1. The molecule has 4 aromatic rings. The fourth-order valence-corrected chi connectivity index (χ4v) is 4.73. The van der Waals surface area contributed by atoms with Crippen molar-refractivity contribution in [2.75, 3.05) is 13.2 Å². The zero-order chi connectivity index (χ0) is 26.1. The summed E-state index contributed by atoms with van der Waals surface area (Å²) in [6.07, 6.45) is 3.23. The lowest BCUT2D eigenvalue weighted by Gasteiger charge is -2.26. The number of ether oxygens (including phenoxy) is 2. The third-order valence-electron chi connectivity index (χ3n) is 6.24. The van der Waals surface area contributed by atoms with E-state index in [1.165, 1.54) is 0 Å². The lowest BCUT2D eigenvalue weighted by atomic mass is 9.95. The smallest absolute Gasteiger partial charge is 0.273 e. The number of rotatable bonds is 9. The summed E-state index contributed by atoms with van der Waals surface area (Å²) >= 11 is 6.40. The monoisotopic (exact) mass is 519 g/mol. The number of nitrogens with one attached hydrogen (secondary N) is 1. The molecule has 0 fully saturated rings. The summed E-state index contributed by atoms with van der Waals surface area (Å²) in [5.74, 6) is 1.54. The number of H-pyrrole nitrogens is 1. The summed E-state index contributed by atoms with van der Waals surface area (Å²) in [4.78, 5) is 15.3. The van der Waals surface area contributed by atoms with E-state index in [4.69, 9.17) is 25.5 Å². The van der Waals surface area contributed by atoms with Gasteiger partial charge >= 0.3 is 0 Å². The number of carbonyl (C=O) groups excluding carboxylic acids is 1. The first kappa shape index (κ1) is 24.5. The van der Waals surface area contributed by atoms with E-state index in [-0.39, 0.29) is 18.2 Å². The molecule has 1 unspecified atom stereocenters. The molecule has 8 nitrogen and oxygen atoms in total. The Balaban J connectivity index is 1.67. The lowest BCUT2D eigenvalue weighted by Crippen LogP contribution is -2.29. The molecular formula is C28H26ClN3O5. The topological polar surface area (TPSA) is 101 Å². The Hall–Kier alpha value is -4.17. The van der Waals surface area contributed by atoms with E-state index in [0.717, 1.165) is 11.1 Å². The van der Waals surface area contributed by atoms with Gasteiger partial charge in [0.15, 0.2) is 11.5 Å². The number of nitrogens with zero attached hydrogens (tertiary/aromatic N) is 2. The van der Waals surface area contributed by atoms with E-state index in [1.54, 1.807) is 35.4 Å². The third kappa shape index (κ3) is 4.44. The summed E-state index contributed by atoms with van der Waals surface area (Å²) in [6, 6.07) is 11.9. The van der Waals surface area contributed by atoms with E-state index in [2.05, 4.69) is 16.8 Å². The molecule has 1 aliphatic heterocycles. The number of aryl methyl sites for hydroxylation is 1. The molecule has 0 spiro atoms. The second-order valence-electron chi connectivity index (χ2n) is 8.63. The van der Waals surface area contributed by atoms with Crippen LogP contribution < -0.4 is 9.47 Å². The van der Waals surface area contributed by atoms with Gasteiger partial charge in [-0.1, -0.05) is 30.3 Å². The van der Waals surface area contributed by atoms with E-state index >= 15 is 0 Å². The van der Waals surface area contributed by atoms with Crippen LogP contribution in [0.25, 0.3) is 11.3 Å². The van der Waals surface area contributed by atoms with Crippen molar-refractivity contribution in [3.63, 3.8) is 0 Å². The van der Waals surface area contributed by atoms with Gasteiger partial charge in [0.05, 0.1) is 25.5 Å². The molecule has 9 heteroatoms. The van der Waals surface area contributed by atoms with Gasteiger partial charge in [-0.15, -0.1) is 0 Å². The standard InChI is InChI=1S/C28H26ClN3O5/c1-4-10-37-22-9-8-17(13-23(22)35-5-2)27-24-25(19-14-20(29)16(3)12-21(19)33)30-31-26(24)28(34)32(27)15-18-7-6-11-36-18/h4,6-9,11-14,27,33H,1,5,10,15H2,2-3H3,(H,30,31). The van der Waals surface area contributed by atoms with Gasteiger partial charge in [0.25, 0.3) is 5.91 Å². The fraction of sp³-hybridized carbons (Fsp3) is 0.214. The largest absolute Gasteiger partial charge is 0.507 e. The third-order valence-corrected chi connectivity index (χ3v) is 6.65. The molecule has 0 saturated carbocycles. The molecule has 1 atom stereocenters. The van der Waals surface area contributed by atoms with E-state index in [0.29, 0.717) is 58.0 Å². The second-order valence-corrected chi connectivity index (χ2v) is 9.04. The number of aromatic nitrogens is 2. The Bertz CT molecular complexity index is 1460. The van der Waals surface area contributed by atoms with Gasteiger partial charge in [-0.05, 0) is 61.4 Å². The van der Waals surface area contributed by atoms with Gasteiger partial charge in [0.1, 0.15) is 29.5 Å². The number of benzene rings is 2. The number of aromatic hydroxyl groups is 1. The maximum absolute atomic E-state index is 13.6. The van der Waals surface area contributed by atoms with Gasteiger partial charge < -0.3 is 23.9 Å². The highest BCUT2D eigenvalue weighted by Crippen LogP contribution is 2.47. The number of hydrogen-bond acceptors (Lipinski definition) is 6. The molecule has 37 heavy (non-hydrogen) atoms. The normalized spacial score (nSPS) is 14.6. The molecular weight excluding hydrogens is 494 g/mol. The Morgan fingerprint density at radius 3 is 2.81 bits per heavy atom. The molecule has 1 aliphatic rings. The summed E-state index contributed by atoms with van der Waals surface area (Å²) in [5.41, 5.74) is 3.37. The van der Waals surface area contributed by atoms with Gasteiger partial charge in [-0.2, -0.15) is 5.10 Å². The quantitative estimate of drug-likeness (QED) is 0.261. The van der Waals surface area contributed by atoms with Crippen LogP contribution in [0.15, 0.2) is 65.8 Å². The first-order valence-electron chi connectivity index (χ1n) is 11.8. The van der Waals surface area contributed by atoms with Gasteiger partial charge in [-0.25, -0.2) is 0 Å². The van der Waals surface area contributed by atoms with Crippen molar-refractivity contribution in [2.24, 2.45) is 0 Å². The van der Waals surface area contributed by atoms with Crippen LogP contribution >= 0.6 is 11.6 Å². The number of halogens is 1. The Morgan fingerprint density at radius 2 is 2.08 bits per heavy atom. The number of phenols is 1. The van der Waals surface area contributed by atoms with Crippen LogP contribution in [0.1, 0.15) is 45.9 Å². The number of amides is 1. The SMILES string of the molecule is C=CCOc1ccc(C2c3c(-c4cc(Cl)c(C)cc4O)n[nH]c3C(=O)N2Cc2ccco2)cc1OCC. The molecule has 0 radical (unpaired) electrons. The molecule has 0 saturated heterocycles. The molecule has 3 heterocycles. The summed E-state index contributed by atoms with van der Waals surface area (Å²) in [7, 11) is 0. The van der Waals surface area contributed by atoms with Gasteiger partial charge in [0.2, 0.25) is 0 Å². The molecule has 0 aliphatic carbocycles. The minimum Gasteiger partial charge on any atom is -0.507 e. The minimum absolute atomic E-state index is 0.0232. The minimum atomic E-state index is -0.548. The molecule has 2 aromatic heterocycles. The predicted molar refractivity (Wildman–Crippen MR) is 139 cm³/mol. The van der Waals surface area contributed by atoms with Crippen molar-refractivity contribution >= 4 is 17.5 Å². The van der Waals surface area contributed by atoms with E-state index < -0.39 is 6.04 Å². The zero-order valence-electron chi connectivity index (χ0n) is 20.5. The molecule has 2 N–H and O–H groups in total. The number of carbonyl (C=O) groups is 1. The molecule has 5 rings (SSSR count). The van der Waals surface area contributed by atoms with Crippen LogP contribution in [0, 0.1) is 6.92 Å². The van der Waals surface area contributed by atoms with Crippen molar-refractivity contribution in [3.8, 4) is 28.5 Å². The first-order valence-corrected chi connectivity index (χ1v) is 12.2. The van der Waals surface area contributed by atoms with Crippen molar-refractivity contribution in [2.45, 2.75) is 26.4 Å². The Labute approximate surface area is 219 Å². The van der Waals surface area contributed by atoms with Crippen LogP contribution in [-0.4, -0.2) is 39.3 Å². The van der Waals surface area contributed by atoms with Crippen molar-refractivity contribution in [1.29, 1.82) is 0 Å². The first-order chi connectivity index (χ1) is 17.9. The van der Waals surface area contributed by atoms with Crippen molar-refractivity contribution in [1.82, 2.24) is 15.1 Å². The second kappa shape index (κ2) is 10.1. The highest BCUT2D eigenvalue weighted by Gasteiger charge is 2.43. The number of hydrogen-bond donors (Lipinski definition) is 2. The maximum atomic E-state index is 13.6. The van der Waals surface area contributed by atoms with Gasteiger partial charge in [0, 0.05) is 16.1 Å². The average molecular weight is 520 g/mol. The molecule has 2 aromatic carbocycles. The van der Waals surface area contributed by atoms with Crippen LogP contribution in [0.5, 0.6) is 17.2 Å². The van der Waals surface area contributed by atoms with Crippen LogP contribution in [0.3, 0.4) is 0 Å². The lowest BCUT2D eigenvalue weighted by molar-refractivity contribution is 0.0716. The predicted octanol–water partition coefficient (Wildman–Crippen LogP) is 6.05. The fourth-order valence-electron chi connectivity index (χ4n) is 4.57. The van der Waals surface area contributed by atoms with Crippen LogP contribution in [0.4, 0.5) is 0 Å². The van der Waals surface area contributed by atoms with Gasteiger partial charge in [-0.3, -0.25) is 9.89 Å². The number of phenolic OH excluding ortho intramolecular Hbond substituents is 1. The number of aromatic amines is 1. The van der Waals surface area contributed by atoms with E-state index in [9.17, 15) is 9.90 Å². The average Bonchev–Trinajstić information content (AvgIpc) is 3.60. The number of furan rings is 1. The summed E-state index contributed by atoms with van der Waals surface area (Å²) in [6.45, 7) is 8.40. The van der Waals surface area contributed by atoms with Crippen LogP contribution in [0.2, 0.25) is 5.02 Å². The maximum Gasteiger partial charge on any atom is 0.273 e. The summed E-state index contributed by atoms with van der Waals surface area (Å²) < 4.78 is 17.2. The van der Waals surface area contributed by atoms with Crippen LogP contribution in [-0.2, 0) is 6.54 Å². The molecule has 1 amide bonds. The summed E-state index contributed by atoms with van der Waals surface area (Å²) in [5, 5.41) is 18.6. The van der Waals surface area contributed by atoms with Crippen molar-refractivity contribution < 1.29 is 23.8 Å². The van der Waals surface area contributed by atoms with Crippen molar-refractivity contribution in [3.05, 3.63) is 94.5 Å². The highest BCUT2D eigenvalue weighted by atomic mass is 35.5. The van der Waals surface area contributed by atoms with E-state index in [1.807, 2.05) is 38.1 Å². The Morgan fingerprint density at radius 1 is 1.24 bits per heavy atom.